The van der Waals surface area contributed by atoms with E-state index in [9.17, 15) is 0 Å². The van der Waals surface area contributed by atoms with Gasteiger partial charge in [-0.25, -0.2) is 0 Å². The normalized spacial score (nSPS) is 15.1. The summed E-state index contributed by atoms with van der Waals surface area (Å²) >= 11 is 0. The third-order valence-electron chi connectivity index (χ3n) is 2.79. The van der Waals surface area contributed by atoms with Crippen LogP contribution in [0.15, 0.2) is 47.6 Å². The number of para-hydroxylation sites is 1. The highest BCUT2D eigenvalue weighted by Gasteiger charge is 2.06. The Bertz CT molecular complexity index is 577. The number of aliphatic imine (C=N–C) groups is 1. The highest BCUT2D eigenvalue weighted by atomic mass is 14.7. The molecule has 1 aromatic heterocycles. The number of fused-ring (bicyclic) bond motifs is 1. The molecule has 0 spiro atoms. The van der Waals surface area contributed by atoms with Crippen LogP contribution < -0.4 is 0 Å². The molecule has 78 valence electrons. The minimum Gasteiger partial charge on any atom is -0.261 e. The molecule has 2 heterocycles. The molecule has 1 aliphatic rings. The number of pyridine rings is 1. The summed E-state index contributed by atoms with van der Waals surface area (Å²) in [5.41, 5.74) is 3.29. The number of hydrogen-bond acceptors (Lipinski definition) is 2. The lowest BCUT2D eigenvalue weighted by Gasteiger charge is -2.09. The fraction of sp³-hybridized carbons (Fsp3) is 0.143. The number of rotatable bonds is 1. The molecule has 0 aliphatic carbocycles. The molecule has 0 saturated heterocycles. The molecular weight excluding hydrogens is 196 g/mol. The van der Waals surface area contributed by atoms with Gasteiger partial charge in [0, 0.05) is 23.4 Å². The van der Waals surface area contributed by atoms with Crippen molar-refractivity contribution in [3.8, 4) is 0 Å². The summed E-state index contributed by atoms with van der Waals surface area (Å²) in [6.07, 6.45) is 8.16. The lowest BCUT2D eigenvalue weighted by atomic mass is 10.0. The number of aromatic nitrogens is 1. The van der Waals surface area contributed by atoms with Crippen LogP contribution in [0.1, 0.15) is 18.4 Å². The molecule has 2 nitrogen and oxygen atoms in total. The molecule has 0 radical (unpaired) electrons. The first kappa shape index (κ1) is 9.28. The highest BCUT2D eigenvalue weighted by molar-refractivity contribution is 5.92. The number of allylic oxidation sites excluding steroid dienone is 1. The Kier molecular flexibility index (Phi) is 2.26. The lowest BCUT2D eigenvalue weighted by Crippen LogP contribution is -1.91. The monoisotopic (exact) mass is 208 g/mol. The SMILES string of the molecule is C1=NC(c2ccnc3ccccc23)=CCC1. The maximum atomic E-state index is 4.46. The van der Waals surface area contributed by atoms with Gasteiger partial charge in [0.15, 0.2) is 0 Å². The van der Waals surface area contributed by atoms with Gasteiger partial charge >= 0.3 is 0 Å². The highest BCUT2D eigenvalue weighted by Crippen LogP contribution is 2.26. The second kappa shape index (κ2) is 3.89. The molecule has 0 bridgehead atoms. The quantitative estimate of drug-likeness (QED) is 0.704. The Hall–Kier alpha value is -1.96. The van der Waals surface area contributed by atoms with Crippen molar-refractivity contribution in [1.82, 2.24) is 4.98 Å². The third-order valence-corrected chi connectivity index (χ3v) is 2.79. The van der Waals surface area contributed by atoms with Crippen molar-refractivity contribution in [2.45, 2.75) is 12.8 Å². The van der Waals surface area contributed by atoms with Gasteiger partial charge in [0.1, 0.15) is 0 Å². The van der Waals surface area contributed by atoms with E-state index in [-0.39, 0.29) is 0 Å². The molecule has 0 unspecified atom stereocenters. The van der Waals surface area contributed by atoms with E-state index >= 15 is 0 Å². The summed E-state index contributed by atoms with van der Waals surface area (Å²) in [5, 5.41) is 1.18. The number of nitrogens with zero attached hydrogens (tertiary/aromatic N) is 2. The first-order valence-corrected chi connectivity index (χ1v) is 5.52. The van der Waals surface area contributed by atoms with Gasteiger partial charge in [0.05, 0.1) is 11.2 Å². The van der Waals surface area contributed by atoms with E-state index in [1.165, 1.54) is 10.9 Å². The minimum absolute atomic E-state index is 1.03. The Morgan fingerprint density at radius 3 is 2.81 bits per heavy atom. The molecule has 3 rings (SSSR count). The molecular formula is C14H12N2. The molecule has 0 saturated carbocycles. The summed E-state index contributed by atoms with van der Waals surface area (Å²) in [7, 11) is 0. The Morgan fingerprint density at radius 2 is 1.94 bits per heavy atom. The van der Waals surface area contributed by atoms with Crippen LogP contribution in [0.5, 0.6) is 0 Å². The average Bonchev–Trinajstić information content (AvgIpc) is 2.39. The van der Waals surface area contributed by atoms with Gasteiger partial charge in [0.2, 0.25) is 0 Å². The minimum atomic E-state index is 1.03. The molecule has 0 fully saturated rings. The van der Waals surface area contributed by atoms with E-state index in [1.807, 2.05) is 36.7 Å². The van der Waals surface area contributed by atoms with Crippen molar-refractivity contribution in [3.63, 3.8) is 0 Å². The van der Waals surface area contributed by atoms with Crippen LogP contribution in [0.25, 0.3) is 16.6 Å². The van der Waals surface area contributed by atoms with Gasteiger partial charge in [0.25, 0.3) is 0 Å². The first-order chi connectivity index (χ1) is 7.95. The molecule has 0 N–H and O–H groups in total. The first-order valence-electron chi connectivity index (χ1n) is 5.52. The van der Waals surface area contributed by atoms with Gasteiger partial charge in [-0.3, -0.25) is 9.98 Å². The fourth-order valence-electron chi connectivity index (χ4n) is 2.01. The second-order valence-electron chi connectivity index (χ2n) is 3.85. The maximum Gasteiger partial charge on any atom is 0.0708 e. The van der Waals surface area contributed by atoms with Crippen molar-refractivity contribution < 1.29 is 0 Å². The molecule has 0 atom stereocenters. The molecule has 16 heavy (non-hydrogen) atoms. The van der Waals surface area contributed by atoms with Crippen molar-refractivity contribution in [2.75, 3.05) is 0 Å². The molecule has 0 amide bonds. The van der Waals surface area contributed by atoms with E-state index in [4.69, 9.17) is 0 Å². The van der Waals surface area contributed by atoms with Crippen molar-refractivity contribution in [3.05, 3.63) is 48.2 Å². The van der Waals surface area contributed by atoms with E-state index in [1.54, 1.807) is 0 Å². The average molecular weight is 208 g/mol. The summed E-state index contributed by atoms with van der Waals surface area (Å²) in [4.78, 5) is 8.82. The standard InChI is InChI=1S/C14H12N2/c1-2-6-13-11(5-1)12(8-10-16-13)14-7-3-4-9-15-14/h1-2,5-10H,3-4H2. The van der Waals surface area contributed by atoms with Crippen molar-refractivity contribution in [1.29, 1.82) is 0 Å². The Morgan fingerprint density at radius 1 is 1.00 bits per heavy atom. The summed E-state index contributed by atoms with van der Waals surface area (Å²) < 4.78 is 0. The predicted octanol–water partition coefficient (Wildman–Crippen LogP) is 3.44. The third kappa shape index (κ3) is 1.52. The zero-order chi connectivity index (χ0) is 10.8. The van der Waals surface area contributed by atoms with Crippen LogP contribution in [0.3, 0.4) is 0 Å². The summed E-state index contributed by atoms with van der Waals surface area (Å²) in [5.74, 6) is 0. The van der Waals surface area contributed by atoms with Crippen LogP contribution in [-0.2, 0) is 0 Å². The van der Waals surface area contributed by atoms with E-state index < -0.39 is 0 Å². The summed E-state index contributed by atoms with van der Waals surface area (Å²) in [6, 6.07) is 10.2. The maximum absolute atomic E-state index is 4.46. The molecule has 2 heteroatoms. The fourth-order valence-corrected chi connectivity index (χ4v) is 2.01. The lowest BCUT2D eigenvalue weighted by molar-refractivity contribution is 1.09. The second-order valence-corrected chi connectivity index (χ2v) is 3.85. The predicted molar refractivity (Wildman–Crippen MR) is 67.4 cm³/mol. The van der Waals surface area contributed by atoms with Gasteiger partial charge < -0.3 is 0 Å². The van der Waals surface area contributed by atoms with Gasteiger partial charge in [-0.15, -0.1) is 0 Å². The topological polar surface area (TPSA) is 25.2 Å². The number of hydrogen-bond donors (Lipinski definition) is 0. The van der Waals surface area contributed by atoms with Crippen molar-refractivity contribution in [2.24, 2.45) is 4.99 Å². The smallest absolute Gasteiger partial charge is 0.0708 e. The van der Waals surface area contributed by atoms with Gasteiger partial charge in [-0.2, -0.15) is 0 Å². The van der Waals surface area contributed by atoms with Gasteiger partial charge in [-0.1, -0.05) is 24.3 Å². The summed E-state index contributed by atoms with van der Waals surface area (Å²) in [6.45, 7) is 0. The zero-order valence-electron chi connectivity index (χ0n) is 8.93. The Balaban J connectivity index is 2.23. The van der Waals surface area contributed by atoms with Crippen LogP contribution in [0, 0.1) is 0 Å². The van der Waals surface area contributed by atoms with Crippen LogP contribution in [-0.4, -0.2) is 11.2 Å². The zero-order valence-corrected chi connectivity index (χ0v) is 8.93. The van der Waals surface area contributed by atoms with Crippen LogP contribution in [0.2, 0.25) is 0 Å². The van der Waals surface area contributed by atoms with E-state index in [2.05, 4.69) is 22.1 Å². The largest absolute Gasteiger partial charge is 0.261 e. The van der Waals surface area contributed by atoms with Gasteiger partial charge in [-0.05, 0) is 25.0 Å². The molecule has 1 aromatic carbocycles. The van der Waals surface area contributed by atoms with E-state index in [0.717, 1.165) is 24.1 Å². The van der Waals surface area contributed by atoms with Crippen LogP contribution >= 0.6 is 0 Å². The molecule has 2 aromatic rings. The van der Waals surface area contributed by atoms with Crippen LogP contribution in [0.4, 0.5) is 0 Å². The Labute approximate surface area is 94.4 Å². The van der Waals surface area contributed by atoms with E-state index in [0.29, 0.717) is 0 Å². The number of benzene rings is 1. The van der Waals surface area contributed by atoms with Crippen molar-refractivity contribution >= 4 is 22.8 Å². The molecule has 1 aliphatic heterocycles.